The van der Waals surface area contributed by atoms with E-state index in [4.69, 9.17) is 23.3 Å². The fraction of sp³-hybridized carbons (Fsp3) is 0.696. The van der Waals surface area contributed by atoms with Crippen molar-refractivity contribution >= 4 is 25.7 Å². The summed E-state index contributed by atoms with van der Waals surface area (Å²) >= 11 is 0. The molecule has 0 rings (SSSR count). The highest BCUT2D eigenvalue weighted by Crippen LogP contribution is 2.43. The Balaban J connectivity index is 4.84. The largest absolute Gasteiger partial charge is 0.472 e. The van der Waals surface area contributed by atoms with Crippen LogP contribution in [-0.2, 0) is 42.2 Å². The van der Waals surface area contributed by atoms with E-state index in [0.717, 1.165) is 109 Å². The zero-order valence-corrected chi connectivity index (χ0v) is 43.7. The zero-order chi connectivity index (χ0) is 49.9. The molecule has 0 bridgehead atoms. The van der Waals surface area contributed by atoms with Gasteiger partial charge in [0, 0.05) is 19.3 Å². The van der Waals surface area contributed by atoms with Crippen LogP contribution < -0.4 is 0 Å². The summed E-state index contributed by atoms with van der Waals surface area (Å²) in [4.78, 5) is 48.3. The van der Waals surface area contributed by atoms with Gasteiger partial charge >= 0.3 is 25.7 Å². The molecule has 68 heavy (non-hydrogen) atoms. The molecule has 390 valence electrons. The number of aliphatic hydroxyl groups excluding tert-OH is 1. The Morgan fingerprint density at radius 3 is 1.31 bits per heavy atom. The molecule has 0 fully saturated rings. The lowest BCUT2D eigenvalue weighted by atomic mass is 10.1. The van der Waals surface area contributed by atoms with Crippen LogP contribution in [0.3, 0.4) is 0 Å². The summed E-state index contributed by atoms with van der Waals surface area (Å²) in [6.07, 6.45) is 55.6. The number of unbranched alkanes of at least 4 members (excludes halogenated alkanes) is 17. The third-order valence-corrected chi connectivity index (χ3v) is 11.7. The van der Waals surface area contributed by atoms with Crippen LogP contribution in [0.25, 0.3) is 0 Å². The van der Waals surface area contributed by atoms with Gasteiger partial charge in [-0.3, -0.25) is 23.4 Å². The van der Waals surface area contributed by atoms with Gasteiger partial charge in [0.2, 0.25) is 0 Å². The average molecular weight is 975 g/mol. The Morgan fingerprint density at radius 2 is 0.794 bits per heavy atom. The molecule has 12 heteroatoms. The van der Waals surface area contributed by atoms with Crippen molar-refractivity contribution in [2.45, 2.75) is 226 Å². The van der Waals surface area contributed by atoms with Gasteiger partial charge in [-0.25, -0.2) is 4.57 Å². The molecule has 3 atom stereocenters. The van der Waals surface area contributed by atoms with Crippen LogP contribution in [-0.4, -0.2) is 66.5 Å². The number of esters is 3. The van der Waals surface area contributed by atoms with Crippen molar-refractivity contribution in [3.8, 4) is 0 Å². The van der Waals surface area contributed by atoms with Crippen LogP contribution in [0, 0.1) is 0 Å². The third-order valence-electron chi connectivity index (χ3n) is 10.8. The second-order valence-corrected chi connectivity index (χ2v) is 18.8. The number of hydrogen-bond donors (Lipinski definition) is 2. The first-order valence-corrected chi connectivity index (χ1v) is 28.0. The van der Waals surface area contributed by atoms with E-state index in [1.807, 2.05) is 18.2 Å². The molecular formula is C56H95O11P. The van der Waals surface area contributed by atoms with Crippen LogP contribution in [0.15, 0.2) is 85.1 Å². The van der Waals surface area contributed by atoms with E-state index in [2.05, 4.69) is 87.6 Å². The molecule has 0 aromatic heterocycles. The fourth-order valence-electron chi connectivity index (χ4n) is 6.75. The maximum absolute atomic E-state index is 12.8. The van der Waals surface area contributed by atoms with E-state index in [9.17, 15) is 28.9 Å². The Hall–Kier alpha value is -3.34. The number of rotatable bonds is 48. The van der Waals surface area contributed by atoms with Crippen molar-refractivity contribution in [2.24, 2.45) is 0 Å². The SMILES string of the molecule is CC/C=C\C/C=C\C/C=C\C/C=C\CCC(=O)OC(CO)COP(=O)(O)OCC(COC(=O)CCCCCCC/C=C\CCCCCC)OC(=O)CCCCCCC/C=C\C/C=C\CCCCC. The molecule has 0 spiro atoms. The van der Waals surface area contributed by atoms with Gasteiger partial charge in [0.05, 0.1) is 19.8 Å². The van der Waals surface area contributed by atoms with E-state index in [1.54, 1.807) is 0 Å². The molecule has 0 aromatic carbocycles. The monoisotopic (exact) mass is 975 g/mol. The maximum Gasteiger partial charge on any atom is 0.472 e. The van der Waals surface area contributed by atoms with Gasteiger partial charge in [-0.15, -0.1) is 0 Å². The summed E-state index contributed by atoms with van der Waals surface area (Å²) < 4.78 is 39.3. The maximum atomic E-state index is 12.8. The molecule has 0 aromatic rings. The van der Waals surface area contributed by atoms with Crippen molar-refractivity contribution in [1.82, 2.24) is 0 Å². The number of allylic oxidation sites excluding steroid dienone is 14. The van der Waals surface area contributed by atoms with Crippen LogP contribution in [0.1, 0.15) is 213 Å². The van der Waals surface area contributed by atoms with E-state index in [1.165, 1.54) is 44.9 Å². The highest BCUT2D eigenvalue weighted by molar-refractivity contribution is 7.47. The van der Waals surface area contributed by atoms with Gasteiger partial charge in [-0.05, 0) is 103 Å². The molecule has 2 N–H and O–H groups in total. The molecule has 0 heterocycles. The van der Waals surface area contributed by atoms with Gasteiger partial charge in [0.15, 0.2) is 6.10 Å². The lowest BCUT2D eigenvalue weighted by Crippen LogP contribution is -2.30. The fourth-order valence-corrected chi connectivity index (χ4v) is 7.53. The molecular weight excluding hydrogens is 880 g/mol. The van der Waals surface area contributed by atoms with Crippen LogP contribution in [0.5, 0.6) is 0 Å². The topological polar surface area (TPSA) is 155 Å². The number of carbonyl (C=O) groups is 3. The lowest BCUT2D eigenvalue weighted by molar-refractivity contribution is -0.161. The average Bonchev–Trinajstić information content (AvgIpc) is 3.32. The summed E-state index contributed by atoms with van der Waals surface area (Å²) in [5, 5.41) is 9.76. The molecule has 0 saturated heterocycles. The Labute approximate surface area is 413 Å². The molecule has 0 amide bonds. The van der Waals surface area contributed by atoms with Gasteiger partial charge in [-0.1, -0.05) is 176 Å². The quantitative estimate of drug-likeness (QED) is 0.0197. The highest BCUT2D eigenvalue weighted by Gasteiger charge is 2.28. The van der Waals surface area contributed by atoms with Crippen molar-refractivity contribution < 1.29 is 52.2 Å². The van der Waals surface area contributed by atoms with Gasteiger partial charge in [-0.2, -0.15) is 0 Å². The van der Waals surface area contributed by atoms with Crippen molar-refractivity contribution in [3.63, 3.8) is 0 Å². The molecule has 0 aliphatic carbocycles. The van der Waals surface area contributed by atoms with E-state index in [-0.39, 0.29) is 25.9 Å². The molecule has 0 radical (unpaired) electrons. The second kappa shape index (κ2) is 50.1. The minimum atomic E-state index is -4.77. The number of phosphoric ester groups is 1. The minimum Gasteiger partial charge on any atom is -0.462 e. The summed E-state index contributed by atoms with van der Waals surface area (Å²) in [7, 11) is -4.77. The third kappa shape index (κ3) is 47.7. The predicted molar refractivity (Wildman–Crippen MR) is 279 cm³/mol. The van der Waals surface area contributed by atoms with Gasteiger partial charge < -0.3 is 24.2 Å². The first-order chi connectivity index (χ1) is 33.2. The van der Waals surface area contributed by atoms with Crippen molar-refractivity contribution in [3.05, 3.63) is 85.1 Å². The summed E-state index contributed by atoms with van der Waals surface area (Å²) in [5.74, 6) is -1.58. The standard InChI is InChI=1S/C56H95O11P/c1-4-7-10-13-16-19-22-25-26-29-32-35-38-41-44-47-56(60)67-53(49-63-54(58)45-42-39-36-33-30-27-23-20-17-14-11-8-5-2)51-65-68(61,62)64-50-52(48-57)66-55(59)46-43-40-37-34-31-28-24-21-18-15-12-9-6-3/h9,12,16,18-21,23,25-26,28,31,37,40,52-53,57H,4-8,10-11,13-15,17,22,24,27,29-30,32-36,38-39,41-51H2,1-3H3,(H,61,62)/b12-9-,19-16-,21-18-,23-20-,26-25-,31-28-,40-37-. The lowest BCUT2D eigenvalue weighted by Gasteiger charge is -2.21. The van der Waals surface area contributed by atoms with E-state index in [0.29, 0.717) is 19.3 Å². The zero-order valence-electron chi connectivity index (χ0n) is 42.8. The van der Waals surface area contributed by atoms with E-state index < -0.39 is 57.8 Å². The first-order valence-electron chi connectivity index (χ1n) is 26.5. The number of aliphatic hydroxyl groups is 1. The second-order valence-electron chi connectivity index (χ2n) is 17.3. The van der Waals surface area contributed by atoms with Crippen LogP contribution in [0.2, 0.25) is 0 Å². The minimum absolute atomic E-state index is 0.0517. The van der Waals surface area contributed by atoms with Gasteiger partial charge in [0.1, 0.15) is 12.7 Å². The molecule has 0 aliphatic rings. The van der Waals surface area contributed by atoms with Crippen LogP contribution >= 0.6 is 7.82 Å². The smallest absolute Gasteiger partial charge is 0.462 e. The first kappa shape index (κ1) is 64.7. The Kier molecular flexibility index (Phi) is 47.6. The molecule has 3 unspecified atom stereocenters. The van der Waals surface area contributed by atoms with Crippen molar-refractivity contribution in [1.29, 1.82) is 0 Å². The predicted octanol–water partition coefficient (Wildman–Crippen LogP) is 15.1. The molecule has 0 saturated carbocycles. The molecule has 0 aliphatic heterocycles. The summed E-state index contributed by atoms with van der Waals surface area (Å²) in [5.41, 5.74) is 0. The summed E-state index contributed by atoms with van der Waals surface area (Å²) in [6.45, 7) is 4.36. The Morgan fingerprint density at radius 1 is 0.426 bits per heavy atom. The highest BCUT2D eigenvalue weighted by atomic mass is 31.2. The van der Waals surface area contributed by atoms with E-state index >= 15 is 0 Å². The molecule has 11 nitrogen and oxygen atoms in total. The number of phosphoric acid groups is 1. The number of hydrogen-bond acceptors (Lipinski definition) is 10. The van der Waals surface area contributed by atoms with Crippen molar-refractivity contribution in [2.75, 3.05) is 26.4 Å². The Bertz CT molecular complexity index is 1460. The van der Waals surface area contributed by atoms with Gasteiger partial charge in [0.25, 0.3) is 0 Å². The normalized spacial score (nSPS) is 14.1. The van der Waals surface area contributed by atoms with Crippen LogP contribution in [0.4, 0.5) is 0 Å². The number of carbonyl (C=O) groups excluding carboxylic acids is 3. The summed E-state index contributed by atoms with van der Waals surface area (Å²) in [6, 6.07) is 0. The number of ether oxygens (including phenoxy) is 3.